The smallest absolute Gasteiger partial charge is 0.218 e. The highest BCUT2D eigenvalue weighted by Crippen LogP contribution is 2.50. The third-order valence-corrected chi connectivity index (χ3v) is 5.57. The van der Waals surface area contributed by atoms with Crippen molar-refractivity contribution in [1.82, 2.24) is 0 Å². The lowest BCUT2D eigenvalue weighted by molar-refractivity contribution is -0.164. The molecule has 118 valence electrons. The number of fused-ring (bicyclic) bond motifs is 8. The number of benzene rings is 1. The van der Waals surface area contributed by atoms with Crippen molar-refractivity contribution in [1.29, 1.82) is 0 Å². The summed E-state index contributed by atoms with van der Waals surface area (Å²) in [5.74, 6) is -0.319. The van der Waals surface area contributed by atoms with Crippen molar-refractivity contribution in [2.75, 3.05) is 11.5 Å². The molecule has 1 aromatic carbocycles. The zero-order valence-corrected chi connectivity index (χ0v) is 12.7. The van der Waals surface area contributed by atoms with Crippen LogP contribution in [0.25, 0.3) is 6.08 Å². The minimum Gasteiger partial charge on any atom is -0.353 e. The van der Waals surface area contributed by atoms with E-state index in [-0.39, 0.29) is 41.6 Å². The Balaban J connectivity index is 1.69. The molecule has 4 aliphatic heterocycles. The maximum Gasteiger partial charge on any atom is 0.218 e. The van der Waals surface area contributed by atoms with Crippen molar-refractivity contribution in [3.8, 4) is 0 Å². The van der Waals surface area contributed by atoms with Crippen molar-refractivity contribution in [3.05, 3.63) is 35.9 Å². The Bertz CT molecular complexity index is 742. The third-order valence-electron chi connectivity index (χ3n) is 5.57. The molecule has 4 aliphatic rings. The lowest BCUT2D eigenvalue weighted by atomic mass is 9.78. The van der Waals surface area contributed by atoms with Crippen LogP contribution in [0.2, 0.25) is 0 Å². The number of para-hydroxylation sites is 1. The third kappa shape index (κ3) is 1.64. The minimum absolute atomic E-state index is 0.0217. The Kier molecular flexibility index (Phi) is 2.65. The van der Waals surface area contributed by atoms with E-state index in [1.807, 2.05) is 24.3 Å². The van der Waals surface area contributed by atoms with Gasteiger partial charge in [-0.3, -0.25) is 9.59 Å². The lowest BCUT2D eigenvalue weighted by Gasteiger charge is -2.35. The van der Waals surface area contributed by atoms with Crippen LogP contribution in [0.15, 0.2) is 30.3 Å². The molecular weight excluding hydrogens is 294 g/mol. The number of rotatable bonds is 1. The van der Waals surface area contributed by atoms with Gasteiger partial charge in [-0.15, -0.1) is 0 Å². The van der Waals surface area contributed by atoms with Gasteiger partial charge in [-0.25, -0.2) is 0 Å². The maximum absolute atomic E-state index is 12.8. The van der Waals surface area contributed by atoms with Crippen molar-refractivity contribution in [2.45, 2.75) is 31.4 Å². The van der Waals surface area contributed by atoms with E-state index in [1.54, 1.807) is 6.92 Å². The van der Waals surface area contributed by atoms with Gasteiger partial charge in [-0.05, 0) is 18.6 Å². The van der Waals surface area contributed by atoms with Crippen LogP contribution in [-0.4, -0.2) is 42.7 Å². The highest BCUT2D eigenvalue weighted by atomic mass is 16.7. The van der Waals surface area contributed by atoms with Gasteiger partial charge < -0.3 is 14.4 Å². The summed E-state index contributed by atoms with van der Waals surface area (Å²) in [6.07, 6.45) is 3.19. The average molecular weight is 311 g/mol. The van der Waals surface area contributed by atoms with Crippen LogP contribution >= 0.6 is 0 Å². The molecule has 23 heavy (non-hydrogen) atoms. The summed E-state index contributed by atoms with van der Waals surface area (Å²) in [4.78, 5) is 27.4. The van der Waals surface area contributed by atoms with Crippen molar-refractivity contribution < 1.29 is 19.1 Å². The first kappa shape index (κ1) is 13.5. The van der Waals surface area contributed by atoms with Gasteiger partial charge in [0.15, 0.2) is 11.6 Å². The molecule has 3 saturated heterocycles. The molecule has 1 aromatic rings. The summed E-state index contributed by atoms with van der Waals surface area (Å²) in [5, 5.41) is 0. The zero-order valence-electron chi connectivity index (χ0n) is 12.7. The van der Waals surface area contributed by atoms with E-state index in [4.69, 9.17) is 9.47 Å². The monoisotopic (exact) mass is 311 g/mol. The molecule has 5 rings (SSSR count). The molecule has 2 bridgehead atoms. The van der Waals surface area contributed by atoms with E-state index >= 15 is 0 Å². The molecule has 5 nitrogen and oxygen atoms in total. The fourth-order valence-electron chi connectivity index (χ4n) is 4.74. The number of Topliss-reactive ketones (excluding diaryl/α,β-unsaturated/α-hetero) is 2. The fourth-order valence-corrected chi connectivity index (χ4v) is 4.74. The summed E-state index contributed by atoms with van der Waals surface area (Å²) in [7, 11) is 0. The molecule has 0 N–H and O–H groups in total. The standard InChI is InChI=1S/C18H17NO4/c1-9(20)16-15-13-8-22-18(23-13)17(21)14(15)12-7-6-10-4-2-3-5-11(10)19(12)16/h2-7,12-16,18H,8H2,1H3/t12-,13-,14+,15-,16+,18-/m1/s1. The summed E-state index contributed by atoms with van der Waals surface area (Å²) >= 11 is 0. The first-order chi connectivity index (χ1) is 11.2. The minimum atomic E-state index is -0.751. The van der Waals surface area contributed by atoms with E-state index in [2.05, 4.69) is 17.1 Å². The van der Waals surface area contributed by atoms with E-state index in [1.165, 1.54) is 0 Å². The average Bonchev–Trinajstić information content (AvgIpc) is 3.13. The second kappa shape index (κ2) is 4.52. The Labute approximate surface area is 133 Å². The molecule has 0 aliphatic carbocycles. The summed E-state index contributed by atoms with van der Waals surface area (Å²) < 4.78 is 11.2. The second-order valence-corrected chi connectivity index (χ2v) is 6.72. The van der Waals surface area contributed by atoms with Crippen molar-refractivity contribution in [2.24, 2.45) is 11.8 Å². The van der Waals surface area contributed by atoms with Crippen LogP contribution in [0.1, 0.15) is 12.5 Å². The summed E-state index contributed by atoms with van der Waals surface area (Å²) in [6.45, 7) is 2.00. The van der Waals surface area contributed by atoms with Crippen molar-refractivity contribution >= 4 is 23.3 Å². The fraction of sp³-hybridized carbons (Fsp3) is 0.444. The van der Waals surface area contributed by atoms with E-state index in [0.29, 0.717) is 6.61 Å². The molecule has 0 spiro atoms. The number of hydrogen-bond acceptors (Lipinski definition) is 5. The van der Waals surface area contributed by atoms with E-state index in [0.717, 1.165) is 11.3 Å². The molecule has 5 heteroatoms. The van der Waals surface area contributed by atoms with Crippen LogP contribution in [-0.2, 0) is 19.1 Å². The van der Waals surface area contributed by atoms with Gasteiger partial charge in [0.25, 0.3) is 0 Å². The first-order valence-electron chi connectivity index (χ1n) is 8.03. The Morgan fingerprint density at radius 3 is 2.96 bits per heavy atom. The highest BCUT2D eigenvalue weighted by molar-refractivity contribution is 5.95. The van der Waals surface area contributed by atoms with E-state index in [9.17, 15) is 9.59 Å². The number of hydrogen-bond donors (Lipinski definition) is 0. The largest absolute Gasteiger partial charge is 0.353 e. The van der Waals surface area contributed by atoms with Gasteiger partial charge in [0, 0.05) is 11.6 Å². The Hall–Kier alpha value is -1.98. The van der Waals surface area contributed by atoms with Gasteiger partial charge >= 0.3 is 0 Å². The molecular formula is C18H17NO4. The molecule has 0 aromatic heterocycles. The quantitative estimate of drug-likeness (QED) is 0.785. The second-order valence-electron chi connectivity index (χ2n) is 6.72. The Morgan fingerprint density at radius 2 is 2.13 bits per heavy atom. The zero-order chi connectivity index (χ0) is 15.7. The van der Waals surface area contributed by atoms with Gasteiger partial charge in [0.2, 0.25) is 6.29 Å². The van der Waals surface area contributed by atoms with Gasteiger partial charge in [-0.1, -0.05) is 30.4 Å². The molecule has 3 fully saturated rings. The topological polar surface area (TPSA) is 55.8 Å². The molecule has 0 unspecified atom stereocenters. The summed E-state index contributed by atoms with van der Waals surface area (Å²) in [5.41, 5.74) is 2.11. The van der Waals surface area contributed by atoms with Crippen LogP contribution in [0.5, 0.6) is 0 Å². The van der Waals surface area contributed by atoms with Gasteiger partial charge in [0.05, 0.1) is 30.7 Å². The normalized spacial score (nSPS) is 39.9. The highest BCUT2D eigenvalue weighted by Gasteiger charge is 2.62. The number of carbonyl (C=O) groups is 2. The van der Waals surface area contributed by atoms with Crippen LogP contribution in [0.3, 0.4) is 0 Å². The first-order valence-corrected chi connectivity index (χ1v) is 8.03. The maximum atomic E-state index is 12.8. The summed E-state index contributed by atoms with van der Waals surface area (Å²) in [6, 6.07) is 7.59. The molecule has 4 heterocycles. The predicted octanol–water partition coefficient (Wildman–Crippen LogP) is 1.42. The van der Waals surface area contributed by atoms with Gasteiger partial charge in [-0.2, -0.15) is 0 Å². The molecule has 0 radical (unpaired) electrons. The van der Waals surface area contributed by atoms with Crippen LogP contribution in [0, 0.1) is 11.8 Å². The number of ether oxygens (including phenoxy) is 2. The SMILES string of the molecule is CC(=O)[C@H]1[C@H]2[C@@H](C(=O)[C@@H]3OC[C@H]2O3)[C@H]2C=Cc3ccccc3N21. The number of carbonyl (C=O) groups excluding carboxylic acids is 2. The molecule has 0 amide bonds. The van der Waals surface area contributed by atoms with E-state index < -0.39 is 6.29 Å². The Morgan fingerprint density at radius 1 is 1.30 bits per heavy atom. The molecule has 0 saturated carbocycles. The van der Waals surface area contributed by atoms with Crippen LogP contribution in [0.4, 0.5) is 5.69 Å². The number of nitrogens with zero attached hydrogens (tertiary/aromatic N) is 1. The number of ketones is 2. The predicted molar refractivity (Wildman–Crippen MR) is 82.8 cm³/mol. The lowest BCUT2D eigenvalue weighted by Crippen LogP contribution is -2.48. The van der Waals surface area contributed by atoms with Crippen LogP contribution < -0.4 is 4.90 Å². The number of anilines is 1. The molecule has 6 atom stereocenters. The van der Waals surface area contributed by atoms with Crippen molar-refractivity contribution in [3.63, 3.8) is 0 Å². The van der Waals surface area contributed by atoms with Gasteiger partial charge in [0.1, 0.15) is 0 Å².